The minimum absolute atomic E-state index is 0.408. The van der Waals surface area contributed by atoms with Gasteiger partial charge in [-0.1, -0.05) is 11.6 Å². The van der Waals surface area contributed by atoms with Gasteiger partial charge in [0.15, 0.2) is 0 Å². The van der Waals surface area contributed by atoms with Crippen molar-refractivity contribution in [2.45, 2.75) is 6.43 Å². The van der Waals surface area contributed by atoms with Crippen LogP contribution in [0.4, 0.5) is 13.2 Å². The van der Waals surface area contributed by atoms with Crippen LogP contribution in [0.25, 0.3) is 0 Å². The van der Waals surface area contributed by atoms with E-state index in [2.05, 4.69) is 0 Å². The van der Waals surface area contributed by atoms with Crippen LogP contribution in [-0.4, -0.2) is 11.1 Å². The summed E-state index contributed by atoms with van der Waals surface area (Å²) >= 11 is 5.36. The van der Waals surface area contributed by atoms with Gasteiger partial charge in [0.2, 0.25) is 0 Å². The number of carboxylic acid groups (broad SMARTS) is 1. The van der Waals surface area contributed by atoms with Gasteiger partial charge in [0, 0.05) is 0 Å². The molecule has 0 fully saturated rings. The van der Waals surface area contributed by atoms with E-state index in [9.17, 15) is 18.0 Å². The summed E-state index contributed by atoms with van der Waals surface area (Å²) in [5.41, 5.74) is -1.44. The molecule has 1 N–H and O–H groups in total. The smallest absolute Gasteiger partial charge is 0.337 e. The number of aromatic carboxylic acids is 1. The van der Waals surface area contributed by atoms with Gasteiger partial charge in [-0.25, -0.2) is 18.0 Å². The first-order chi connectivity index (χ1) is 6.43. The minimum atomic E-state index is -3.02. The molecule has 1 aromatic carbocycles. The normalized spacial score (nSPS) is 10.6. The van der Waals surface area contributed by atoms with Gasteiger partial charge in [-0.05, 0) is 12.1 Å². The summed E-state index contributed by atoms with van der Waals surface area (Å²) in [6, 6.07) is 1.09. The van der Waals surface area contributed by atoms with Gasteiger partial charge in [-0.2, -0.15) is 0 Å². The van der Waals surface area contributed by atoms with Crippen LogP contribution in [0.3, 0.4) is 0 Å². The Balaban J connectivity index is 3.31. The van der Waals surface area contributed by atoms with Crippen LogP contribution in [-0.2, 0) is 0 Å². The van der Waals surface area contributed by atoms with Crippen molar-refractivity contribution in [3.8, 4) is 0 Å². The maximum atomic E-state index is 12.8. The number of hydrogen-bond donors (Lipinski definition) is 1. The Morgan fingerprint density at radius 2 is 2.00 bits per heavy atom. The molecule has 1 aromatic rings. The molecule has 0 aliphatic heterocycles. The van der Waals surface area contributed by atoms with Gasteiger partial charge >= 0.3 is 5.97 Å². The fourth-order valence-electron chi connectivity index (χ4n) is 0.893. The van der Waals surface area contributed by atoms with E-state index in [1.165, 1.54) is 0 Å². The predicted octanol–water partition coefficient (Wildman–Crippen LogP) is 3.11. The van der Waals surface area contributed by atoms with Crippen LogP contribution < -0.4 is 0 Å². The lowest BCUT2D eigenvalue weighted by atomic mass is 10.1. The van der Waals surface area contributed by atoms with Gasteiger partial charge in [-0.15, -0.1) is 0 Å². The van der Waals surface area contributed by atoms with Crippen molar-refractivity contribution in [3.63, 3.8) is 0 Å². The highest BCUT2D eigenvalue weighted by atomic mass is 35.5. The number of halogens is 4. The Morgan fingerprint density at radius 3 is 2.43 bits per heavy atom. The van der Waals surface area contributed by atoms with Crippen molar-refractivity contribution >= 4 is 17.6 Å². The standard InChI is InChI=1S/C8H4ClF3O2/c9-5-1-4(7(11)12)6(10)2-3(5)8(13)14/h1-2,7H,(H,13,14). The van der Waals surface area contributed by atoms with Gasteiger partial charge in [0.05, 0.1) is 16.1 Å². The summed E-state index contributed by atoms with van der Waals surface area (Å²) in [5.74, 6) is -2.74. The molecule has 0 unspecified atom stereocenters. The summed E-state index contributed by atoms with van der Waals surface area (Å²) in [6.45, 7) is 0. The zero-order valence-electron chi connectivity index (χ0n) is 6.60. The average molecular weight is 225 g/mol. The number of hydrogen-bond acceptors (Lipinski definition) is 1. The zero-order chi connectivity index (χ0) is 10.9. The molecule has 0 aliphatic rings. The molecular formula is C8H4ClF3O2. The molecule has 0 bridgehead atoms. The molecule has 0 atom stereocenters. The lowest BCUT2D eigenvalue weighted by Crippen LogP contribution is -2.01. The zero-order valence-corrected chi connectivity index (χ0v) is 7.36. The number of rotatable bonds is 2. The van der Waals surface area contributed by atoms with Gasteiger partial charge in [0.1, 0.15) is 5.82 Å². The van der Waals surface area contributed by atoms with Crippen molar-refractivity contribution in [1.82, 2.24) is 0 Å². The first-order valence-corrected chi connectivity index (χ1v) is 3.81. The van der Waals surface area contributed by atoms with Crippen LogP contribution >= 0.6 is 11.6 Å². The highest BCUT2D eigenvalue weighted by molar-refractivity contribution is 6.33. The minimum Gasteiger partial charge on any atom is -0.478 e. The van der Waals surface area contributed by atoms with Crippen LogP contribution in [0.15, 0.2) is 12.1 Å². The van der Waals surface area contributed by atoms with E-state index in [1.54, 1.807) is 0 Å². The molecule has 76 valence electrons. The molecule has 0 saturated heterocycles. The Bertz CT molecular complexity index is 379. The monoisotopic (exact) mass is 224 g/mol. The fourth-order valence-corrected chi connectivity index (χ4v) is 1.15. The third-order valence-corrected chi connectivity index (χ3v) is 1.86. The Hall–Kier alpha value is -1.23. The van der Waals surface area contributed by atoms with E-state index in [4.69, 9.17) is 16.7 Å². The van der Waals surface area contributed by atoms with Crippen molar-refractivity contribution in [2.75, 3.05) is 0 Å². The Morgan fingerprint density at radius 1 is 1.43 bits per heavy atom. The highest BCUT2D eigenvalue weighted by Gasteiger charge is 2.18. The summed E-state index contributed by atoms with van der Waals surface area (Å²) < 4.78 is 37.0. The SMILES string of the molecule is O=C(O)c1cc(F)c(C(F)F)cc1Cl. The lowest BCUT2D eigenvalue weighted by Gasteiger charge is -2.04. The molecule has 0 heterocycles. The third kappa shape index (κ3) is 1.98. The van der Waals surface area contributed by atoms with E-state index in [-0.39, 0.29) is 0 Å². The van der Waals surface area contributed by atoms with Crippen molar-refractivity contribution in [2.24, 2.45) is 0 Å². The van der Waals surface area contributed by atoms with Crippen LogP contribution in [0, 0.1) is 5.82 Å². The second-order valence-corrected chi connectivity index (χ2v) is 2.87. The molecule has 0 aliphatic carbocycles. The van der Waals surface area contributed by atoms with Gasteiger partial charge in [0.25, 0.3) is 6.43 Å². The largest absolute Gasteiger partial charge is 0.478 e. The summed E-state index contributed by atoms with van der Waals surface area (Å²) in [7, 11) is 0. The van der Waals surface area contributed by atoms with Gasteiger partial charge < -0.3 is 5.11 Å². The fraction of sp³-hybridized carbons (Fsp3) is 0.125. The van der Waals surface area contributed by atoms with E-state index >= 15 is 0 Å². The molecule has 0 spiro atoms. The molecular weight excluding hydrogens is 221 g/mol. The van der Waals surface area contributed by atoms with Gasteiger partial charge in [-0.3, -0.25) is 0 Å². The van der Waals surface area contributed by atoms with E-state index in [0.29, 0.717) is 12.1 Å². The second kappa shape index (κ2) is 3.88. The van der Waals surface area contributed by atoms with Crippen molar-refractivity contribution < 1.29 is 23.1 Å². The quantitative estimate of drug-likeness (QED) is 0.838. The molecule has 0 aromatic heterocycles. The predicted molar refractivity (Wildman–Crippen MR) is 43.3 cm³/mol. The molecule has 1 rings (SSSR count). The summed E-state index contributed by atoms with van der Waals surface area (Å²) in [6.07, 6.45) is -3.02. The molecule has 0 radical (unpaired) electrons. The Labute approximate surface area is 81.9 Å². The molecule has 14 heavy (non-hydrogen) atoms. The summed E-state index contributed by atoms with van der Waals surface area (Å²) in [5, 5.41) is 8.07. The van der Waals surface area contributed by atoms with Crippen LogP contribution in [0.2, 0.25) is 5.02 Å². The lowest BCUT2D eigenvalue weighted by molar-refractivity contribution is 0.0695. The van der Waals surface area contributed by atoms with E-state index in [1.807, 2.05) is 0 Å². The van der Waals surface area contributed by atoms with Crippen LogP contribution in [0.5, 0.6) is 0 Å². The topological polar surface area (TPSA) is 37.3 Å². The molecule has 0 saturated carbocycles. The van der Waals surface area contributed by atoms with E-state index in [0.717, 1.165) is 0 Å². The van der Waals surface area contributed by atoms with Crippen molar-refractivity contribution in [1.29, 1.82) is 0 Å². The third-order valence-electron chi connectivity index (χ3n) is 1.55. The Kier molecular flexibility index (Phi) is 3.00. The van der Waals surface area contributed by atoms with E-state index < -0.39 is 34.4 Å². The van der Waals surface area contributed by atoms with Crippen molar-refractivity contribution in [3.05, 3.63) is 34.1 Å². The maximum absolute atomic E-state index is 12.8. The van der Waals surface area contributed by atoms with Crippen LogP contribution in [0.1, 0.15) is 22.3 Å². The number of carbonyl (C=O) groups is 1. The molecule has 0 amide bonds. The first kappa shape index (κ1) is 10.8. The molecule has 2 nitrogen and oxygen atoms in total. The number of alkyl halides is 2. The molecule has 6 heteroatoms. The average Bonchev–Trinajstić information content (AvgIpc) is 2.07. The first-order valence-electron chi connectivity index (χ1n) is 3.44. The number of benzene rings is 1. The summed E-state index contributed by atoms with van der Waals surface area (Å²) in [4.78, 5) is 10.4. The number of carboxylic acids is 1. The second-order valence-electron chi connectivity index (χ2n) is 2.46. The maximum Gasteiger partial charge on any atom is 0.337 e. The highest BCUT2D eigenvalue weighted by Crippen LogP contribution is 2.27.